The number of guanidine groups is 1. The average molecular weight is 387 g/mol. The van der Waals surface area contributed by atoms with Gasteiger partial charge in [-0.3, -0.25) is 4.99 Å². The molecule has 0 spiro atoms. The molecule has 0 fully saturated rings. The molecular weight excluding hydrogens is 356 g/mol. The minimum absolute atomic E-state index is 0.777. The largest absolute Gasteiger partial charge is 0.493 e. The van der Waals surface area contributed by atoms with Crippen LogP contribution in [0.4, 0.5) is 0 Å². The van der Waals surface area contributed by atoms with Gasteiger partial charge in [-0.15, -0.1) is 10.2 Å². The lowest BCUT2D eigenvalue weighted by Crippen LogP contribution is -2.44. The highest BCUT2D eigenvalue weighted by molar-refractivity contribution is 5.80. The molecule has 0 saturated heterocycles. The molecule has 152 valence electrons. The summed E-state index contributed by atoms with van der Waals surface area (Å²) < 4.78 is 12.9. The highest BCUT2D eigenvalue weighted by Crippen LogP contribution is 2.33. The average Bonchev–Trinajstić information content (AvgIpc) is 3.24. The van der Waals surface area contributed by atoms with Crippen LogP contribution < -0.4 is 14.8 Å². The number of hydrogen-bond donors (Lipinski definition) is 1. The fraction of sp³-hybridized carbons (Fsp3) is 0.550. The second-order valence-corrected chi connectivity index (χ2v) is 6.79. The molecule has 2 heterocycles. The number of aryl methyl sites for hydroxylation is 1. The number of nitrogens with one attached hydrogen (secondary N) is 1. The number of unbranched alkanes of at least 4 members (excludes halogenated alkanes) is 1. The number of hydrogen-bond acceptors (Lipinski definition) is 5. The summed E-state index contributed by atoms with van der Waals surface area (Å²) in [5.41, 5.74) is 2.58. The summed E-state index contributed by atoms with van der Waals surface area (Å²) in [4.78, 5) is 7.16. The Morgan fingerprint density at radius 2 is 1.82 bits per heavy atom. The smallest absolute Gasteiger partial charge is 0.194 e. The van der Waals surface area contributed by atoms with Crippen molar-refractivity contribution < 1.29 is 9.47 Å². The van der Waals surface area contributed by atoms with Crippen molar-refractivity contribution in [1.29, 1.82) is 0 Å². The van der Waals surface area contributed by atoms with Crippen LogP contribution in [-0.2, 0) is 19.5 Å². The van der Waals surface area contributed by atoms with Gasteiger partial charge in [-0.2, -0.15) is 0 Å². The summed E-state index contributed by atoms with van der Waals surface area (Å²) >= 11 is 0. The Hall–Kier alpha value is -2.77. The minimum atomic E-state index is 0.777. The number of benzene rings is 1. The van der Waals surface area contributed by atoms with E-state index in [0.29, 0.717) is 0 Å². The Balaban J connectivity index is 1.61. The Morgan fingerprint density at radius 3 is 2.50 bits per heavy atom. The van der Waals surface area contributed by atoms with Crippen LogP contribution in [0.25, 0.3) is 0 Å². The summed E-state index contributed by atoms with van der Waals surface area (Å²) in [5, 5.41) is 11.1. The zero-order chi connectivity index (χ0) is 19.8. The molecular formula is C20H30N6O2. The van der Waals surface area contributed by atoms with Crippen LogP contribution in [0.15, 0.2) is 29.8 Å². The zero-order valence-electron chi connectivity index (χ0n) is 17.0. The normalized spacial score (nSPS) is 14.0. The van der Waals surface area contributed by atoms with Crippen molar-refractivity contribution in [2.24, 2.45) is 4.99 Å². The van der Waals surface area contributed by atoms with E-state index in [1.807, 2.05) is 4.57 Å². The summed E-state index contributed by atoms with van der Waals surface area (Å²) in [6.07, 6.45) is 6.56. The lowest BCUT2D eigenvalue weighted by molar-refractivity contribution is 0.346. The van der Waals surface area contributed by atoms with E-state index < -0.39 is 0 Å². The van der Waals surface area contributed by atoms with E-state index in [2.05, 4.69) is 39.5 Å². The van der Waals surface area contributed by atoms with Crippen molar-refractivity contribution in [3.63, 3.8) is 0 Å². The van der Waals surface area contributed by atoms with Gasteiger partial charge in [0.25, 0.3) is 0 Å². The molecule has 0 unspecified atom stereocenters. The summed E-state index contributed by atoms with van der Waals surface area (Å²) in [6, 6.07) is 4.18. The molecule has 8 nitrogen and oxygen atoms in total. The lowest BCUT2D eigenvalue weighted by atomic mass is 9.99. The Labute approximate surface area is 166 Å². The molecule has 28 heavy (non-hydrogen) atoms. The number of fused-ring (bicyclic) bond motifs is 1. The fourth-order valence-electron chi connectivity index (χ4n) is 3.42. The van der Waals surface area contributed by atoms with Gasteiger partial charge in [0.05, 0.1) is 14.2 Å². The van der Waals surface area contributed by atoms with E-state index in [1.54, 1.807) is 26.9 Å². The van der Waals surface area contributed by atoms with Crippen molar-refractivity contribution in [2.45, 2.75) is 39.3 Å². The van der Waals surface area contributed by atoms with Gasteiger partial charge in [0, 0.05) is 32.7 Å². The first-order valence-electron chi connectivity index (χ1n) is 9.84. The topological polar surface area (TPSA) is 76.8 Å². The first-order valence-corrected chi connectivity index (χ1v) is 9.84. The van der Waals surface area contributed by atoms with E-state index in [9.17, 15) is 0 Å². The van der Waals surface area contributed by atoms with Crippen molar-refractivity contribution in [2.75, 3.05) is 33.9 Å². The molecule has 8 heteroatoms. The summed E-state index contributed by atoms with van der Waals surface area (Å²) in [7, 11) is 3.36. The third-order valence-electron chi connectivity index (χ3n) is 4.91. The molecule has 1 aliphatic heterocycles. The lowest BCUT2D eigenvalue weighted by Gasteiger charge is -2.32. The van der Waals surface area contributed by atoms with Crippen molar-refractivity contribution in [3.8, 4) is 11.5 Å². The zero-order valence-corrected chi connectivity index (χ0v) is 17.0. The van der Waals surface area contributed by atoms with Crippen LogP contribution in [0.1, 0.15) is 30.9 Å². The van der Waals surface area contributed by atoms with Crippen LogP contribution in [0, 0.1) is 0 Å². The predicted molar refractivity (Wildman–Crippen MR) is 109 cm³/mol. The van der Waals surface area contributed by atoms with Gasteiger partial charge < -0.3 is 24.3 Å². The highest BCUT2D eigenvalue weighted by atomic mass is 16.5. The molecule has 1 N–H and O–H groups in total. The first-order chi connectivity index (χ1) is 13.7. The maximum Gasteiger partial charge on any atom is 0.194 e. The van der Waals surface area contributed by atoms with Crippen LogP contribution in [0.2, 0.25) is 0 Å². The van der Waals surface area contributed by atoms with Crippen LogP contribution in [0.3, 0.4) is 0 Å². The fourth-order valence-corrected chi connectivity index (χ4v) is 3.42. The van der Waals surface area contributed by atoms with Crippen molar-refractivity contribution in [3.05, 3.63) is 35.9 Å². The van der Waals surface area contributed by atoms with Gasteiger partial charge in [-0.05, 0) is 49.4 Å². The predicted octanol–water partition coefficient (Wildman–Crippen LogP) is 2.10. The maximum absolute atomic E-state index is 5.47. The molecule has 1 aromatic carbocycles. The highest BCUT2D eigenvalue weighted by Gasteiger charge is 2.21. The third kappa shape index (κ3) is 4.94. The molecule has 1 aliphatic rings. The summed E-state index contributed by atoms with van der Waals surface area (Å²) in [5.74, 6) is 2.55. The number of methoxy groups -OCH3 is 2. The standard InChI is InChI=1S/C20H30N6O2/c1-4-21-20(22-8-5-6-9-25-14-23-24-15-25)26-10-7-16-11-18(27-2)19(28-3)12-17(16)13-26/h11-12,14-15H,4-10,13H2,1-3H3,(H,21,22). The second kappa shape index (κ2) is 9.96. The van der Waals surface area contributed by atoms with Crippen molar-refractivity contribution >= 4 is 5.96 Å². The Bertz CT molecular complexity index is 775. The summed E-state index contributed by atoms with van der Waals surface area (Å²) in [6.45, 7) is 6.46. The Morgan fingerprint density at radius 1 is 1.11 bits per heavy atom. The number of nitrogens with zero attached hydrogens (tertiary/aromatic N) is 5. The monoisotopic (exact) mass is 386 g/mol. The molecule has 2 aromatic rings. The van der Waals surface area contributed by atoms with E-state index in [1.165, 1.54) is 11.1 Å². The molecule has 1 aromatic heterocycles. The van der Waals surface area contributed by atoms with Crippen LogP contribution in [0.5, 0.6) is 11.5 Å². The second-order valence-electron chi connectivity index (χ2n) is 6.79. The number of aromatic nitrogens is 3. The number of rotatable bonds is 8. The van der Waals surface area contributed by atoms with E-state index in [4.69, 9.17) is 14.5 Å². The Kier molecular flexibility index (Phi) is 7.11. The molecule has 0 atom stereocenters. The van der Waals surface area contributed by atoms with Gasteiger partial charge in [-0.25, -0.2) is 0 Å². The molecule has 3 rings (SSSR count). The maximum atomic E-state index is 5.47. The molecule has 0 aliphatic carbocycles. The van der Waals surface area contributed by atoms with Gasteiger partial charge in [0.15, 0.2) is 17.5 Å². The minimum Gasteiger partial charge on any atom is -0.493 e. The molecule has 0 bridgehead atoms. The first kappa shape index (κ1) is 20.0. The number of aliphatic imine (C=N–C) groups is 1. The van der Waals surface area contributed by atoms with Crippen LogP contribution in [-0.4, -0.2) is 59.5 Å². The van der Waals surface area contributed by atoms with Gasteiger partial charge in [-0.1, -0.05) is 0 Å². The SMILES string of the molecule is CCNC(=NCCCCn1cnnc1)N1CCc2cc(OC)c(OC)cc2C1. The third-order valence-corrected chi connectivity index (χ3v) is 4.91. The molecule has 0 saturated carbocycles. The van der Waals surface area contributed by atoms with E-state index in [0.717, 1.165) is 69.4 Å². The number of ether oxygens (including phenoxy) is 2. The van der Waals surface area contributed by atoms with Gasteiger partial charge >= 0.3 is 0 Å². The molecule has 0 radical (unpaired) electrons. The van der Waals surface area contributed by atoms with Crippen LogP contribution >= 0.6 is 0 Å². The van der Waals surface area contributed by atoms with E-state index >= 15 is 0 Å². The van der Waals surface area contributed by atoms with Gasteiger partial charge in [0.1, 0.15) is 12.7 Å². The quantitative estimate of drug-likeness (QED) is 0.425. The molecule has 0 amide bonds. The van der Waals surface area contributed by atoms with Crippen molar-refractivity contribution in [1.82, 2.24) is 25.0 Å². The van der Waals surface area contributed by atoms with Gasteiger partial charge in [0.2, 0.25) is 0 Å². The van der Waals surface area contributed by atoms with E-state index in [-0.39, 0.29) is 0 Å².